The lowest BCUT2D eigenvalue weighted by molar-refractivity contribution is -0.115. The molecule has 132 valence electrons. The van der Waals surface area contributed by atoms with E-state index in [1.807, 2.05) is 31.2 Å². The molecule has 0 aliphatic heterocycles. The van der Waals surface area contributed by atoms with Crippen LogP contribution in [0.15, 0.2) is 59.1 Å². The van der Waals surface area contributed by atoms with Gasteiger partial charge in [0.05, 0.1) is 30.5 Å². The van der Waals surface area contributed by atoms with Crippen LogP contribution >= 0.6 is 0 Å². The maximum Gasteiger partial charge on any atom is 0.339 e. The van der Waals surface area contributed by atoms with Gasteiger partial charge >= 0.3 is 5.97 Å². The summed E-state index contributed by atoms with van der Waals surface area (Å²) >= 11 is 0. The van der Waals surface area contributed by atoms with Gasteiger partial charge in [0, 0.05) is 11.6 Å². The Morgan fingerprint density at radius 3 is 2.58 bits per heavy atom. The van der Waals surface area contributed by atoms with E-state index in [-0.39, 0.29) is 12.3 Å². The molecule has 1 N–H and O–H groups in total. The SMILES string of the molecule is COC(=O)c1ccccc1NC(=O)Cc1cc(-c2ccc(C)cc2)on1. The first kappa shape index (κ1) is 17.4. The molecule has 0 fully saturated rings. The monoisotopic (exact) mass is 350 g/mol. The van der Waals surface area contributed by atoms with Crippen molar-refractivity contribution in [2.45, 2.75) is 13.3 Å². The van der Waals surface area contributed by atoms with Crippen molar-refractivity contribution in [1.82, 2.24) is 5.16 Å². The van der Waals surface area contributed by atoms with Crippen LogP contribution in [-0.4, -0.2) is 24.1 Å². The van der Waals surface area contributed by atoms with Crippen molar-refractivity contribution < 1.29 is 18.8 Å². The van der Waals surface area contributed by atoms with E-state index in [1.54, 1.807) is 30.3 Å². The minimum Gasteiger partial charge on any atom is -0.465 e. The number of ether oxygens (including phenoxy) is 1. The third-order valence-corrected chi connectivity index (χ3v) is 3.84. The molecule has 6 nitrogen and oxygen atoms in total. The van der Waals surface area contributed by atoms with Crippen LogP contribution in [-0.2, 0) is 16.0 Å². The van der Waals surface area contributed by atoms with Gasteiger partial charge in [-0.1, -0.05) is 47.1 Å². The number of anilines is 1. The van der Waals surface area contributed by atoms with Crippen LogP contribution in [0.4, 0.5) is 5.69 Å². The molecular weight excluding hydrogens is 332 g/mol. The van der Waals surface area contributed by atoms with Crippen LogP contribution in [0.2, 0.25) is 0 Å². The first-order chi connectivity index (χ1) is 12.6. The summed E-state index contributed by atoms with van der Waals surface area (Å²) in [5.41, 5.74) is 3.24. The molecule has 0 atom stereocenters. The predicted molar refractivity (Wildman–Crippen MR) is 96.8 cm³/mol. The third-order valence-electron chi connectivity index (χ3n) is 3.84. The third kappa shape index (κ3) is 3.97. The number of nitrogens with zero attached hydrogens (tertiary/aromatic N) is 1. The van der Waals surface area contributed by atoms with E-state index in [2.05, 4.69) is 10.5 Å². The fourth-order valence-corrected chi connectivity index (χ4v) is 2.49. The molecule has 0 aliphatic carbocycles. The first-order valence-electron chi connectivity index (χ1n) is 8.06. The zero-order valence-corrected chi connectivity index (χ0v) is 14.5. The van der Waals surface area contributed by atoms with Crippen molar-refractivity contribution in [1.29, 1.82) is 0 Å². The minimum absolute atomic E-state index is 0.0326. The van der Waals surface area contributed by atoms with E-state index >= 15 is 0 Å². The van der Waals surface area contributed by atoms with E-state index in [1.165, 1.54) is 7.11 Å². The van der Waals surface area contributed by atoms with Crippen LogP contribution < -0.4 is 5.32 Å². The van der Waals surface area contributed by atoms with Crippen molar-refractivity contribution in [2.24, 2.45) is 0 Å². The molecule has 0 bridgehead atoms. The smallest absolute Gasteiger partial charge is 0.339 e. The lowest BCUT2D eigenvalue weighted by Gasteiger charge is -2.08. The normalized spacial score (nSPS) is 10.4. The number of hydrogen-bond donors (Lipinski definition) is 1. The molecule has 2 aromatic carbocycles. The number of para-hydroxylation sites is 1. The van der Waals surface area contributed by atoms with Crippen LogP contribution in [0.5, 0.6) is 0 Å². The van der Waals surface area contributed by atoms with Gasteiger partial charge in [-0.05, 0) is 19.1 Å². The van der Waals surface area contributed by atoms with E-state index < -0.39 is 5.97 Å². The molecule has 0 aliphatic rings. The summed E-state index contributed by atoms with van der Waals surface area (Å²) in [5.74, 6) is -0.211. The molecular formula is C20H18N2O4. The van der Waals surface area contributed by atoms with Crippen molar-refractivity contribution in [2.75, 3.05) is 12.4 Å². The average Bonchev–Trinajstić information content (AvgIpc) is 3.10. The highest BCUT2D eigenvalue weighted by Crippen LogP contribution is 2.21. The number of amides is 1. The quantitative estimate of drug-likeness (QED) is 0.711. The van der Waals surface area contributed by atoms with Gasteiger partial charge in [-0.25, -0.2) is 4.79 Å². The molecule has 0 spiro atoms. The molecule has 1 aromatic heterocycles. The highest BCUT2D eigenvalue weighted by atomic mass is 16.5. The Bertz CT molecular complexity index is 929. The molecule has 0 saturated heterocycles. The number of aromatic nitrogens is 1. The van der Waals surface area contributed by atoms with Crippen molar-refractivity contribution in [3.63, 3.8) is 0 Å². The number of rotatable bonds is 5. The fraction of sp³-hybridized carbons (Fsp3) is 0.150. The van der Waals surface area contributed by atoms with Gasteiger partial charge in [-0.15, -0.1) is 0 Å². The number of hydrogen-bond acceptors (Lipinski definition) is 5. The second-order valence-corrected chi connectivity index (χ2v) is 5.81. The van der Waals surface area contributed by atoms with Crippen LogP contribution in [0.3, 0.4) is 0 Å². The average molecular weight is 350 g/mol. The zero-order chi connectivity index (χ0) is 18.5. The van der Waals surface area contributed by atoms with Crippen molar-refractivity contribution in [3.8, 4) is 11.3 Å². The molecule has 1 amide bonds. The number of esters is 1. The van der Waals surface area contributed by atoms with E-state index in [0.717, 1.165) is 11.1 Å². The van der Waals surface area contributed by atoms with Crippen LogP contribution in [0, 0.1) is 6.92 Å². The zero-order valence-electron chi connectivity index (χ0n) is 14.5. The topological polar surface area (TPSA) is 81.4 Å². The number of benzene rings is 2. The standard InChI is InChI=1S/C20H18N2O4/c1-13-7-9-14(10-8-13)18-11-15(22-26-18)12-19(23)21-17-6-4-3-5-16(17)20(24)25-2/h3-11H,12H2,1-2H3,(H,21,23). The highest BCUT2D eigenvalue weighted by Gasteiger charge is 2.15. The van der Waals surface area contributed by atoms with Crippen molar-refractivity contribution >= 4 is 17.6 Å². The Kier molecular flexibility index (Phi) is 5.12. The van der Waals surface area contributed by atoms with Crippen LogP contribution in [0.1, 0.15) is 21.6 Å². The van der Waals surface area contributed by atoms with Gasteiger partial charge in [0.15, 0.2) is 5.76 Å². The molecule has 0 radical (unpaired) electrons. The first-order valence-corrected chi connectivity index (χ1v) is 8.06. The number of nitrogens with one attached hydrogen (secondary N) is 1. The second kappa shape index (κ2) is 7.65. The molecule has 0 unspecified atom stereocenters. The number of aryl methyl sites for hydroxylation is 1. The minimum atomic E-state index is -0.510. The van der Waals surface area contributed by atoms with Crippen LogP contribution in [0.25, 0.3) is 11.3 Å². The Hall–Kier alpha value is -3.41. The highest BCUT2D eigenvalue weighted by molar-refractivity contribution is 6.01. The lowest BCUT2D eigenvalue weighted by atomic mass is 10.1. The summed E-state index contributed by atoms with van der Waals surface area (Å²) in [4.78, 5) is 24.0. The summed E-state index contributed by atoms with van der Waals surface area (Å²) in [6.45, 7) is 2.01. The summed E-state index contributed by atoms with van der Waals surface area (Å²) in [7, 11) is 1.29. The molecule has 0 saturated carbocycles. The molecule has 6 heteroatoms. The maximum atomic E-state index is 12.3. The van der Waals surface area contributed by atoms with Gasteiger partial charge in [0.25, 0.3) is 0 Å². The number of carbonyl (C=O) groups is 2. The summed E-state index contributed by atoms with van der Waals surface area (Å²) in [5, 5.41) is 6.65. The Morgan fingerprint density at radius 1 is 1.12 bits per heavy atom. The lowest BCUT2D eigenvalue weighted by Crippen LogP contribution is -2.17. The second-order valence-electron chi connectivity index (χ2n) is 5.81. The van der Waals surface area contributed by atoms with Gasteiger partial charge < -0.3 is 14.6 Å². The van der Waals surface area contributed by atoms with E-state index in [9.17, 15) is 9.59 Å². The Morgan fingerprint density at radius 2 is 1.85 bits per heavy atom. The maximum absolute atomic E-state index is 12.3. The van der Waals surface area contributed by atoms with Gasteiger partial charge in [-0.2, -0.15) is 0 Å². The Balaban J connectivity index is 1.70. The molecule has 3 rings (SSSR count). The molecule has 3 aromatic rings. The van der Waals surface area contributed by atoms with Crippen molar-refractivity contribution in [3.05, 3.63) is 71.4 Å². The number of carbonyl (C=O) groups excluding carboxylic acids is 2. The van der Waals surface area contributed by atoms with Gasteiger partial charge in [0.2, 0.25) is 5.91 Å². The summed E-state index contributed by atoms with van der Waals surface area (Å²) in [6.07, 6.45) is 0.0326. The van der Waals surface area contributed by atoms with E-state index in [0.29, 0.717) is 22.7 Å². The van der Waals surface area contributed by atoms with E-state index in [4.69, 9.17) is 9.26 Å². The number of methoxy groups -OCH3 is 1. The molecule has 26 heavy (non-hydrogen) atoms. The van der Waals surface area contributed by atoms with Gasteiger partial charge in [-0.3, -0.25) is 4.79 Å². The molecule has 1 heterocycles. The fourth-order valence-electron chi connectivity index (χ4n) is 2.49. The summed E-state index contributed by atoms with van der Waals surface area (Å²) in [6, 6.07) is 16.2. The summed E-state index contributed by atoms with van der Waals surface area (Å²) < 4.78 is 10.0. The predicted octanol–water partition coefficient (Wildman–Crippen LogP) is 3.62. The Labute approximate surface area is 150 Å². The largest absolute Gasteiger partial charge is 0.465 e. The van der Waals surface area contributed by atoms with Gasteiger partial charge in [0.1, 0.15) is 0 Å².